The first kappa shape index (κ1) is 52.9. The fraction of sp³-hybridized carbons (Fsp3) is 0.977. The molecule has 24 heteroatoms. The lowest BCUT2D eigenvalue weighted by Gasteiger charge is -2.64. The normalized spacial score (nSPS) is 56.1. The number of rotatable bonds is 12. The lowest BCUT2D eigenvalue weighted by molar-refractivity contribution is -0.406. The Bertz CT molecular complexity index is 1760. The summed E-state index contributed by atoms with van der Waals surface area (Å²) in [6, 6.07) is 0. The van der Waals surface area contributed by atoms with Gasteiger partial charge in [0.2, 0.25) is 6.29 Å². The molecule has 22 unspecified atom stereocenters. The van der Waals surface area contributed by atoms with Gasteiger partial charge in [0.15, 0.2) is 18.9 Å². The van der Waals surface area contributed by atoms with Gasteiger partial charge in [-0.2, -0.15) is 0 Å². The Hall–Kier alpha value is -1.41. The number of carbonyl (C=O) groups excluding carboxylic acids is 1. The number of esters is 1. The molecule has 0 radical (unpaired) electrons. The van der Waals surface area contributed by atoms with Gasteiger partial charge in [0.25, 0.3) is 0 Å². The van der Waals surface area contributed by atoms with Crippen molar-refractivity contribution >= 4 is 5.97 Å². The molecule has 15 N–H and O–H groups in total. The third-order valence-corrected chi connectivity index (χ3v) is 17.6. The van der Waals surface area contributed by atoms with Crippen molar-refractivity contribution in [2.45, 2.75) is 213 Å². The van der Waals surface area contributed by atoms with Crippen molar-refractivity contribution in [2.24, 2.45) is 28.1 Å². The zero-order valence-electron chi connectivity index (χ0n) is 38.3. The standard InChI is InChI=1S/C44H72O24/c1-40-7-4-8-41(2,39(59)67-37-32(58)29(55)25(51)19(13-47)63-37)21(40)5-9-43-15-42(3,60)44(16-43,10-6-22(40)43)68-38-34(66-36-31(57)28(54)24(50)18(12-46)62-36)33(26(52)20(14-48)64-38)65-35-30(56)27(53)23(49)17(11-45)61-35/h17-38,45-58,60H,4-16H2,1-3H3/t17?,18?,19?,20?,21?,22?,23?,24?,25?,26?,27?,28?,29?,30?,31?,32?,33?,34?,35?,36?,37?,38?,40-,41-,42-,43-,44-/m1/s1. The summed E-state index contributed by atoms with van der Waals surface area (Å²) in [5.41, 5.74) is -5.28. The van der Waals surface area contributed by atoms with Crippen LogP contribution in [0.1, 0.15) is 78.6 Å². The van der Waals surface area contributed by atoms with Gasteiger partial charge in [-0.3, -0.25) is 4.79 Å². The van der Waals surface area contributed by atoms with Crippen molar-refractivity contribution in [1.29, 1.82) is 0 Å². The smallest absolute Gasteiger partial charge is 0.314 e. The molecule has 4 saturated heterocycles. The van der Waals surface area contributed by atoms with Crippen LogP contribution in [-0.4, -0.2) is 243 Å². The number of aliphatic hydroxyl groups excluding tert-OH is 14. The van der Waals surface area contributed by atoms with E-state index in [1.807, 2.05) is 6.92 Å². The van der Waals surface area contributed by atoms with Crippen molar-refractivity contribution in [3.05, 3.63) is 0 Å². The van der Waals surface area contributed by atoms with Crippen LogP contribution in [0.3, 0.4) is 0 Å². The van der Waals surface area contributed by atoms with Gasteiger partial charge in [-0.25, -0.2) is 0 Å². The Morgan fingerprint density at radius 2 is 0.971 bits per heavy atom. The van der Waals surface area contributed by atoms with Crippen LogP contribution in [0.25, 0.3) is 0 Å². The van der Waals surface area contributed by atoms with Gasteiger partial charge in [-0.1, -0.05) is 13.3 Å². The first-order valence-corrected chi connectivity index (χ1v) is 23.7. The summed E-state index contributed by atoms with van der Waals surface area (Å²) < 4.78 is 48.1. The molecule has 4 aliphatic carbocycles. The zero-order valence-corrected chi connectivity index (χ0v) is 38.3. The molecular formula is C44H72O24. The zero-order chi connectivity index (χ0) is 49.6. The summed E-state index contributed by atoms with van der Waals surface area (Å²) in [7, 11) is 0. The Balaban J connectivity index is 1.08. The highest BCUT2D eigenvalue weighted by Crippen LogP contribution is 2.74. The van der Waals surface area contributed by atoms with E-state index in [-0.39, 0.29) is 31.1 Å². The summed E-state index contributed by atoms with van der Waals surface area (Å²) in [5.74, 6) is -1.02. The highest BCUT2D eigenvalue weighted by molar-refractivity contribution is 5.77. The summed E-state index contributed by atoms with van der Waals surface area (Å²) in [6.45, 7) is 2.35. The quantitative estimate of drug-likeness (QED) is 0.0639. The highest BCUT2D eigenvalue weighted by Gasteiger charge is 2.73. The number of aliphatic hydroxyl groups is 15. The maximum atomic E-state index is 14.3. The average Bonchev–Trinajstić information content (AvgIpc) is 3.46. The molecule has 4 aliphatic heterocycles. The van der Waals surface area contributed by atoms with Gasteiger partial charge in [-0.05, 0) is 87.9 Å². The van der Waals surface area contributed by atoms with Crippen molar-refractivity contribution in [3.8, 4) is 0 Å². The minimum absolute atomic E-state index is 0.0955. The maximum absolute atomic E-state index is 14.3. The van der Waals surface area contributed by atoms with Gasteiger partial charge < -0.3 is 114 Å². The van der Waals surface area contributed by atoms with E-state index in [1.54, 1.807) is 6.92 Å². The summed E-state index contributed by atoms with van der Waals surface area (Å²) >= 11 is 0. The molecular weight excluding hydrogens is 912 g/mol. The van der Waals surface area contributed by atoms with Crippen LogP contribution in [0, 0.1) is 28.1 Å². The van der Waals surface area contributed by atoms with E-state index in [4.69, 9.17) is 37.9 Å². The van der Waals surface area contributed by atoms with E-state index in [0.717, 1.165) is 6.42 Å². The molecule has 27 atom stereocenters. The molecule has 24 nitrogen and oxygen atoms in total. The van der Waals surface area contributed by atoms with Crippen molar-refractivity contribution < 1.29 is 119 Å². The second-order valence-electron chi connectivity index (χ2n) is 21.5. The topological polar surface area (TPSA) is 394 Å². The molecule has 392 valence electrons. The predicted octanol–water partition coefficient (Wildman–Crippen LogP) is -5.92. The largest absolute Gasteiger partial charge is 0.432 e. The van der Waals surface area contributed by atoms with Crippen LogP contribution in [-0.2, 0) is 42.7 Å². The molecule has 4 saturated carbocycles. The number of ether oxygens (including phenoxy) is 8. The van der Waals surface area contributed by atoms with Crippen LogP contribution in [0.5, 0.6) is 0 Å². The Labute approximate surface area is 391 Å². The van der Waals surface area contributed by atoms with Crippen LogP contribution in [0.2, 0.25) is 0 Å². The monoisotopic (exact) mass is 984 g/mol. The van der Waals surface area contributed by atoms with E-state index in [1.165, 1.54) is 0 Å². The Kier molecular flexibility index (Phi) is 15.1. The van der Waals surface area contributed by atoms with Crippen LogP contribution >= 0.6 is 0 Å². The Morgan fingerprint density at radius 1 is 0.515 bits per heavy atom. The third kappa shape index (κ3) is 8.57. The summed E-state index contributed by atoms with van der Waals surface area (Å²) in [4.78, 5) is 14.3. The number of fused-ring (bicyclic) bond motifs is 3. The van der Waals surface area contributed by atoms with Gasteiger partial charge in [0.1, 0.15) is 103 Å². The van der Waals surface area contributed by atoms with Gasteiger partial charge in [-0.15, -0.1) is 0 Å². The van der Waals surface area contributed by atoms with Crippen molar-refractivity contribution in [1.82, 2.24) is 0 Å². The van der Waals surface area contributed by atoms with Gasteiger partial charge >= 0.3 is 5.97 Å². The molecule has 2 bridgehead atoms. The average molecular weight is 985 g/mol. The van der Waals surface area contributed by atoms with E-state index in [0.29, 0.717) is 32.1 Å². The summed E-state index contributed by atoms with van der Waals surface area (Å²) in [6.07, 6.45) is -31.0. The van der Waals surface area contributed by atoms with Gasteiger partial charge in [0, 0.05) is 0 Å². The lowest BCUT2D eigenvalue weighted by Crippen LogP contribution is -2.68. The van der Waals surface area contributed by atoms with E-state index < -0.39 is 183 Å². The fourth-order valence-electron chi connectivity index (χ4n) is 14.0. The second-order valence-corrected chi connectivity index (χ2v) is 21.5. The molecule has 0 aromatic carbocycles. The molecule has 0 aromatic heterocycles. The first-order chi connectivity index (χ1) is 32.0. The number of carbonyl (C=O) groups is 1. The number of hydrogen-bond donors (Lipinski definition) is 15. The number of hydrogen-bond acceptors (Lipinski definition) is 24. The maximum Gasteiger partial charge on any atom is 0.314 e. The minimum atomic E-state index is -1.99. The first-order valence-electron chi connectivity index (χ1n) is 23.7. The fourth-order valence-corrected chi connectivity index (χ4v) is 14.0. The summed E-state index contributed by atoms with van der Waals surface area (Å²) in [5, 5.41) is 160. The Morgan fingerprint density at radius 3 is 1.50 bits per heavy atom. The molecule has 8 fully saturated rings. The third-order valence-electron chi connectivity index (χ3n) is 17.6. The van der Waals surface area contributed by atoms with Crippen LogP contribution in [0.4, 0.5) is 0 Å². The highest BCUT2D eigenvalue weighted by atomic mass is 16.8. The molecule has 8 aliphatic rings. The van der Waals surface area contributed by atoms with E-state index in [2.05, 4.69) is 6.92 Å². The molecule has 68 heavy (non-hydrogen) atoms. The predicted molar refractivity (Wildman–Crippen MR) is 221 cm³/mol. The molecule has 0 aromatic rings. The second kappa shape index (κ2) is 19.5. The van der Waals surface area contributed by atoms with Crippen molar-refractivity contribution in [2.75, 3.05) is 26.4 Å². The molecule has 0 amide bonds. The van der Waals surface area contributed by atoms with Crippen molar-refractivity contribution in [3.63, 3.8) is 0 Å². The van der Waals surface area contributed by atoms with Gasteiger partial charge in [0.05, 0.1) is 37.4 Å². The van der Waals surface area contributed by atoms with E-state index >= 15 is 0 Å². The lowest BCUT2D eigenvalue weighted by atomic mass is 9.41. The van der Waals surface area contributed by atoms with Crippen LogP contribution < -0.4 is 0 Å². The minimum Gasteiger partial charge on any atom is -0.432 e. The van der Waals surface area contributed by atoms with E-state index in [9.17, 15) is 81.4 Å². The molecule has 8 rings (SSSR count). The van der Waals surface area contributed by atoms with Crippen LogP contribution in [0.15, 0.2) is 0 Å². The molecule has 4 heterocycles. The SMILES string of the molecule is C[C@@]12CCC[C@@](C)(C(=O)OC3OC(CO)C(O)C(O)C3O)C1CC[C@@]13C[C@](OC4OC(CO)C(O)C(OC5OC(CO)C(O)C(O)C5O)C4OC4OC(CO)C(O)C(O)C4O)(CCC12)[C@](C)(O)C3. The molecule has 1 spiro atoms.